The first-order valence-corrected chi connectivity index (χ1v) is 6.65. The predicted octanol–water partition coefficient (Wildman–Crippen LogP) is 1.40. The molecule has 1 aliphatic rings. The van der Waals surface area contributed by atoms with Crippen LogP contribution in [0.3, 0.4) is 0 Å². The van der Waals surface area contributed by atoms with Crippen molar-refractivity contribution in [2.24, 2.45) is 0 Å². The summed E-state index contributed by atoms with van der Waals surface area (Å²) in [5.74, 6) is 0.613. The monoisotopic (exact) mass is 264 g/mol. The van der Waals surface area contributed by atoms with E-state index in [1.807, 2.05) is 31.2 Å². The zero-order valence-corrected chi connectivity index (χ0v) is 11.1. The van der Waals surface area contributed by atoms with E-state index in [2.05, 4.69) is 10.6 Å². The minimum absolute atomic E-state index is 0.0905. The number of rotatable bonds is 5. The summed E-state index contributed by atoms with van der Waals surface area (Å²) in [7, 11) is 0. The van der Waals surface area contributed by atoms with Crippen LogP contribution in [0.1, 0.15) is 13.3 Å². The number of morpholine rings is 1. The summed E-state index contributed by atoms with van der Waals surface area (Å²) in [5, 5.41) is 6.01. The van der Waals surface area contributed by atoms with Crippen LogP contribution in [0.5, 0.6) is 5.75 Å². The molecule has 1 atom stereocenters. The molecule has 0 aromatic heterocycles. The van der Waals surface area contributed by atoms with Crippen LogP contribution in [0.2, 0.25) is 0 Å². The summed E-state index contributed by atoms with van der Waals surface area (Å²) in [6, 6.07) is 7.16. The molecule has 5 nitrogen and oxygen atoms in total. The van der Waals surface area contributed by atoms with Crippen molar-refractivity contribution in [2.45, 2.75) is 19.4 Å². The highest BCUT2D eigenvalue weighted by atomic mass is 16.5. The van der Waals surface area contributed by atoms with Gasteiger partial charge in [0.15, 0.2) is 0 Å². The van der Waals surface area contributed by atoms with Gasteiger partial charge in [-0.25, -0.2) is 0 Å². The number of para-hydroxylation sites is 2. The highest BCUT2D eigenvalue weighted by Gasteiger charge is 2.21. The van der Waals surface area contributed by atoms with Gasteiger partial charge in [0.1, 0.15) is 11.8 Å². The fourth-order valence-corrected chi connectivity index (χ4v) is 1.86. The number of hydrogen-bond acceptors (Lipinski definition) is 4. The lowest BCUT2D eigenvalue weighted by Crippen LogP contribution is -2.48. The molecule has 1 amide bonds. The van der Waals surface area contributed by atoms with Gasteiger partial charge in [-0.05, 0) is 18.6 Å². The minimum atomic E-state index is -0.298. The second kappa shape index (κ2) is 7.11. The Hall–Kier alpha value is -1.59. The number of nitrogens with one attached hydrogen (secondary N) is 2. The van der Waals surface area contributed by atoms with Gasteiger partial charge < -0.3 is 20.1 Å². The number of carbonyl (C=O) groups excluding carboxylic acids is 1. The van der Waals surface area contributed by atoms with Crippen LogP contribution in [-0.4, -0.2) is 38.3 Å². The summed E-state index contributed by atoms with van der Waals surface area (Å²) < 4.78 is 10.9. The number of amides is 1. The van der Waals surface area contributed by atoms with E-state index in [9.17, 15) is 4.79 Å². The van der Waals surface area contributed by atoms with E-state index in [-0.39, 0.29) is 11.9 Å². The molecule has 0 aliphatic carbocycles. The normalized spacial score (nSPS) is 18.9. The highest BCUT2D eigenvalue weighted by molar-refractivity contribution is 5.96. The Morgan fingerprint density at radius 1 is 1.53 bits per heavy atom. The van der Waals surface area contributed by atoms with Gasteiger partial charge in [-0.1, -0.05) is 19.1 Å². The molecule has 19 heavy (non-hydrogen) atoms. The Morgan fingerprint density at radius 2 is 2.37 bits per heavy atom. The Labute approximate surface area is 113 Å². The Morgan fingerprint density at radius 3 is 3.11 bits per heavy atom. The molecule has 2 N–H and O–H groups in total. The second-order valence-corrected chi connectivity index (χ2v) is 4.42. The number of carbonyl (C=O) groups is 1. The molecule has 1 aromatic rings. The van der Waals surface area contributed by atoms with Crippen molar-refractivity contribution < 1.29 is 14.3 Å². The van der Waals surface area contributed by atoms with Crippen LogP contribution in [0.25, 0.3) is 0 Å². The van der Waals surface area contributed by atoms with E-state index in [1.54, 1.807) is 0 Å². The maximum atomic E-state index is 12.1. The SMILES string of the molecule is CCCOc1ccccc1NC(=O)C1COCCN1. The third-order valence-corrected chi connectivity index (χ3v) is 2.84. The van der Waals surface area contributed by atoms with Crippen molar-refractivity contribution in [2.75, 3.05) is 31.7 Å². The number of hydrogen-bond donors (Lipinski definition) is 2. The van der Waals surface area contributed by atoms with Crippen LogP contribution in [0.15, 0.2) is 24.3 Å². The lowest BCUT2D eigenvalue weighted by atomic mass is 10.2. The van der Waals surface area contributed by atoms with Gasteiger partial charge in [-0.3, -0.25) is 4.79 Å². The molecule has 1 fully saturated rings. The fraction of sp³-hybridized carbons (Fsp3) is 0.500. The van der Waals surface area contributed by atoms with Gasteiger partial charge in [0.25, 0.3) is 0 Å². The molecule has 0 saturated carbocycles. The van der Waals surface area contributed by atoms with Crippen molar-refractivity contribution in [3.63, 3.8) is 0 Å². The Balaban J connectivity index is 1.99. The van der Waals surface area contributed by atoms with Crippen LogP contribution < -0.4 is 15.4 Å². The quantitative estimate of drug-likeness (QED) is 0.844. The van der Waals surface area contributed by atoms with Crippen molar-refractivity contribution in [3.8, 4) is 5.75 Å². The van der Waals surface area contributed by atoms with Gasteiger partial charge >= 0.3 is 0 Å². The van der Waals surface area contributed by atoms with Crippen LogP contribution in [0.4, 0.5) is 5.69 Å². The van der Waals surface area contributed by atoms with Gasteiger partial charge in [0, 0.05) is 6.54 Å². The number of anilines is 1. The summed E-state index contributed by atoms with van der Waals surface area (Å²) in [6.45, 7) is 4.44. The fourth-order valence-electron chi connectivity index (χ4n) is 1.86. The molecule has 2 rings (SSSR count). The van der Waals surface area contributed by atoms with E-state index in [1.165, 1.54) is 0 Å². The smallest absolute Gasteiger partial charge is 0.244 e. The molecule has 1 heterocycles. The highest BCUT2D eigenvalue weighted by Crippen LogP contribution is 2.24. The maximum Gasteiger partial charge on any atom is 0.244 e. The van der Waals surface area contributed by atoms with Gasteiger partial charge in [0.05, 0.1) is 25.5 Å². The van der Waals surface area contributed by atoms with Crippen LogP contribution >= 0.6 is 0 Å². The number of benzene rings is 1. The molecular formula is C14H20N2O3. The summed E-state index contributed by atoms with van der Waals surface area (Å²) in [6.07, 6.45) is 0.931. The average Bonchev–Trinajstić information content (AvgIpc) is 2.47. The van der Waals surface area contributed by atoms with Gasteiger partial charge in [-0.2, -0.15) is 0 Å². The van der Waals surface area contributed by atoms with Crippen LogP contribution in [-0.2, 0) is 9.53 Å². The van der Waals surface area contributed by atoms with Crippen molar-refractivity contribution in [3.05, 3.63) is 24.3 Å². The second-order valence-electron chi connectivity index (χ2n) is 4.42. The molecule has 1 aromatic carbocycles. The van der Waals surface area contributed by atoms with E-state index >= 15 is 0 Å². The van der Waals surface area contributed by atoms with Gasteiger partial charge in [0.2, 0.25) is 5.91 Å². The Kier molecular flexibility index (Phi) is 5.18. The summed E-state index contributed by atoms with van der Waals surface area (Å²) >= 11 is 0. The minimum Gasteiger partial charge on any atom is -0.491 e. The predicted molar refractivity (Wildman–Crippen MR) is 73.5 cm³/mol. The van der Waals surface area contributed by atoms with Crippen molar-refractivity contribution in [1.82, 2.24) is 5.32 Å². The lowest BCUT2D eigenvalue weighted by molar-refractivity contribution is -0.120. The molecule has 1 saturated heterocycles. The largest absolute Gasteiger partial charge is 0.491 e. The lowest BCUT2D eigenvalue weighted by Gasteiger charge is -2.23. The van der Waals surface area contributed by atoms with Crippen molar-refractivity contribution >= 4 is 11.6 Å². The Bertz CT molecular complexity index is 417. The first-order chi connectivity index (χ1) is 9.31. The molecule has 104 valence electrons. The summed E-state index contributed by atoms with van der Waals surface area (Å²) in [5.41, 5.74) is 0.702. The molecule has 5 heteroatoms. The topological polar surface area (TPSA) is 59.6 Å². The van der Waals surface area contributed by atoms with E-state index in [0.717, 1.165) is 6.42 Å². The zero-order valence-electron chi connectivity index (χ0n) is 11.1. The molecule has 0 radical (unpaired) electrons. The standard InChI is InChI=1S/C14H20N2O3/c1-2-8-19-13-6-4-3-5-11(13)16-14(17)12-10-18-9-7-15-12/h3-6,12,15H,2,7-10H2,1H3,(H,16,17). The molecule has 1 unspecified atom stereocenters. The first kappa shape index (κ1) is 13.8. The first-order valence-electron chi connectivity index (χ1n) is 6.65. The van der Waals surface area contributed by atoms with Crippen LogP contribution in [0, 0.1) is 0 Å². The van der Waals surface area contributed by atoms with E-state index in [4.69, 9.17) is 9.47 Å². The molecule has 1 aliphatic heterocycles. The maximum absolute atomic E-state index is 12.1. The van der Waals surface area contributed by atoms with Crippen molar-refractivity contribution in [1.29, 1.82) is 0 Å². The summed E-state index contributed by atoms with van der Waals surface area (Å²) in [4.78, 5) is 12.1. The molecular weight excluding hydrogens is 244 g/mol. The van der Waals surface area contributed by atoms with Gasteiger partial charge in [-0.15, -0.1) is 0 Å². The molecule has 0 spiro atoms. The third-order valence-electron chi connectivity index (χ3n) is 2.84. The number of ether oxygens (including phenoxy) is 2. The zero-order chi connectivity index (χ0) is 13.5. The van der Waals surface area contributed by atoms with E-state index < -0.39 is 0 Å². The average molecular weight is 264 g/mol. The third kappa shape index (κ3) is 3.94. The molecule has 0 bridgehead atoms. The van der Waals surface area contributed by atoms with E-state index in [0.29, 0.717) is 37.8 Å².